The highest BCUT2D eigenvalue weighted by molar-refractivity contribution is 7.92. The molecule has 0 bridgehead atoms. The molecular weight excluding hydrogens is 358 g/mol. The third-order valence-corrected chi connectivity index (χ3v) is 5.88. The van der Waals surface area contributed by atoms with Crippen LogP contribution in [0.15, 0.2) is 35.2 Å². The quantitative estimate of drug-likeness (QED) is 0.824. The van der Waals surface area contributed by atoms with Crippen LogP contribution in [0.5, 0.6) is 11.5 Å². The predicted octanol–water partition coefficient (Wildman–Crippen LogP) is 2.14. The van der Waals surface area contributed by atoms with Gasteiger partial charge in [0.25, 0.3) is 10.0 Å². The van der Waals surface area contributed by atoms with Crippen LogP contribution in [0.3, 0.4) is 0 Å². The van der Waals surface area contributed by atoms with Crippen LogP contribution >= 0.6 is 0 Å². The summed E-state index contributed by atoms with van der Waals surface area (Å²) < 4.78 is 44.6. The maximum Gasteiger partial charge on any atom is 0.337 e. The van der Waals surface area contributed by atoms with E-state index in [4.69, 9.17) is 9.47 Å². The van der Waals surface area contributed by atoms with Gasteiger partial charge in [-0.05, 0) is 24.3 Å². The van der Waals surface area contributed by atoms with Gasteiger partial charge in [-0.15, -0.1) is 0 Å². The van der Waals surface area contributed by atoms with Crippen molar-refractivity contribution in [2.75, 3.05) is 25.0 Å². The number of carbonyl (C=O) groups is 1. The number of sulfonamides is 1. The van der Waals surface area contributed by atoms with Crippen LogP contribution < -0.4 is 14.2 Å². The standard InChI is InChI=1S/C18H17NO6S/c1-23-18(20)12-3-2-4-13(9-12)19-26(21,22)17-14-6-8-24-15(14)10-11-5-7-25-16(11)17/h2-4,9-10,19H,5-8H2,1H3. The molecule has 0 unspecified atom stereocenters. The molecule has 0 spiro atoms. The summed E-state index contributed by atoms with van der Waals surface area (Å²) in [5, 5.41) is 0. The van der Waals surface area contributed by atoms with E-state index in [2.05, 4.69) is 9.46 Å². The molecule has 2 aliphatic heterocycles. The second-order valence-electron chi connectivity index (χ2n) is 6.05. The van der Waals surface area contributed by atoms with Crippen LogP contribution in [0.4, 0.5) is 5.69 Å². The lowest BCUT2D eigenvalue weighted by atomic mass is 10.1. The van der Waals surface area contributed by atoms with Crippen LogP contribution in [-0.4, -0.2) is 34.7 Å². The molecule has 2 aliphatic rings. The Bertz CT molecular complexity index is 967. The fraction of sp³-hybridized carbons (Fsp3) is 0.278. The van der Waals surface area contributed by atoms with Gasteiger partial charge in [-0.2, -0.15) is 0 Å². The Kier molecular flexibility index (Phi) is 3.99. The molecule has 2 aromatic carbocycles. The Balaban J connectivity index is 1.76. The summed E-state index contributed by atoms with van der Waals surface area (Å²) in [6, 6.07) is 8.01. The van der Waals surface area contributed by atoms with Crippen LogP contribution in [-0.2, 0) is 27.6 Å². The zero-order valence-electron chi connectivity index (χ0n) is 14.1. The topological polar surface area (TPSA) is 90.9 Å². The highest BCUT2D eigenvalue weighted by Gasteiger charge is 2.33. The van der Waals surface area contributed by atoms with Gasteiger partial charge in [-0.25, -0.2) is 13.2 Å². The first-order valence-corrected chi connectivity index (χ1v) is 9.63. The summed E-state index contributed by atoms with van der Waals surface area (Å²) in [6.07, 6.45) is 1.15. The number of carbonyl (C=O) groups excluding carboxylic acids is 1. The highest BCUT2D eigenvalue weighted by atomic mass is 32.2. The van der Waals surface area contributed by atoms with E-state index < -0.39 is 16.0 Å². The lowest BCUT2D eigenvalue weighted by Crippen LogP contribution is -2.16. The summed E-state index contributed by atoms with van der Waals surface area (Å²) in [7, 11) is -2.65. The van der Waals surface area contributed by atoms with Gasteiger partial charge in [0.2, 0.25) is 0 Å². The van der Waals surface area contributed by atoms with Crippen molar-refractivity contribution in [2.24, 2.45) is 0 Å². The summed E-state index contributed by atoms with van der Waals surface area (Å²) in [5.74, 6) is 0.452. The predicted molar refractivity (Wildman–Crippen MR) is 93.4 cm³/mol. The summed E-state index contributed by atoms with van der Waals surface area (Å²) in [5.41, 5.74) is 1.99. The zero-order valence-corrected chi connectivity index (χ0v) is 14.9. The van der Waals surface area contributed by atoms with Gasteiger partial charge >= 0.3 is 5.97 Å². The molecule has 26 heavy (non-hydrogen) atoms. The van der Waals surface area contributed by atoms with E-state index in [1.165, 1.54) is 13.2 Å². The molecule has 4 rings (SSSR count). The lowest BCUT2D eigenvalue weighted by molar-refractivity contribution is 0.0600. The van der Waals surface area contributed by atoms with E-state index in [9.17, 15) is 13.2 Å². The van der Waals surface area contributed by atoms with Crippen molar-refractivity contribution < 1.29 is 27.4 Å². The van der Waals surface area contributed by atoms with Crippen LogP contribution in [0.1, 0.15) is 21.5 Å². The number of methoxy groups -OCH3 is 1. The van der Waals surface area contributed by atoms with Crippen molar-refractivity contribution in [3.63, 3.8) is 0 Å². The second-order valence-corrected chi connectivity index (χ2v) is 7.66. The number of hydrogen-bond acceptors (Lipinski definition) is 6. The Morgan fingerprint density at radius 3 is 2.77 bits per heavy atom. The molecule has 0 radical (unpaired) electrons. The molecule has 8 heteroatoms. The maximum atomic E-state index is 13.1. The van der Waals surface area contributed by atoms with Crippen molar-refractivity contribution in [1.82, 2.24) is 0 Å². The molecule has 0 atom stereocenters. The molecule has 0 amide bonds. The van der Waals surface area contributed by atoms with E-state index in [1.54, 1.807) is 18.2 Å². The van der Waals surface area contributed by atoms with Gasteiger partial charge in [0, 0.05) is 29.7 Å². The average molecular weight is 375 g/mol. The van der Waals surface area contributed by atoms with Crippen molar-refractivity contribution in [2.45, 2.75) is 17.7 Å². The molecule has 2 heterocycles. The van der Waals surface area contributed by atoms with E-state index >= 15 is 0 Å². The second kappa shape index (κ2) is 6.21. The minimum atomic E-state index is -3.92. The van der Waals surface area contributed by atoms with Gasteiger partial charge in [0.15, 0.2) is 0 Å². The number of fused-ring (bicyclic) bond motifs is 2. The fourth-order valence-corrected chi connectivity index (χ4v) is 4.76. The minimum Gasteiger partial charge on any atom is -0.493 e. The number of ether oxygens (including phenoxy) is 3. The van der Waals surface area contributed by atoms with Crippen molar-refractivity contribution in [1.29, 1.82) is 0 Å². The monoisotopic (exact) mass is 375 g/mol. The van der Waals surface area contributed by atoms with E-state index in [0.717, 1.165) is 5.56 Å². The highest BCUT2D eigenvalue weighted by Crippen LogP contribution is 2.43. The molecule has 7 nitrogen and oxygen atoms in total. The first-order chi connectivity index (χ1) is 12.5. The Morgan fingerprint density at radius 1 is 1.15 bits per heavy atom. The van der Waals surface area contributed by atoms with Gasteiger partial charge in [-0.3, -0.25) is 4.72 Å². The molecule has 136 valence electrons. The summed E-state index contributed by atoms with van der Waals surface area (Å²) in [6.45, 7) is 0.886. The molecule has 0 saturated heterocycles. The first kappa shape index (κ1) is 16.7. The number of benzene rings is 2. The minimum absolute atomic E-state index is 0.128. The summed E-state index contributed by atoms with van der Waals surface area (Å²) in [4.78, 5) is 11.8. The molecule has 1 N–H and O–H groups in total. The van der Waals surface area contributed by atoms with Gasteiger partial charge in [0.1, 0.15) is 16.4 Å². The Hall–Kier alpha value is -2.74. The zero-order chi connectivity index (χ0) is 18.3. The largest absolute Gasteiger partial charge is 0.493 e. The molecule has 0 fully saturated rings. The Morgan fingerprint density at radius 2 is 1.96 bits per heavy atom. The molecular formula is C18H17NO6S. The maximum absolute atomic E-state index is 13.1. The lowest BCUT2D eigenvalue weighted by Gasteiger charge is -2.15. The van der Waals surface area contributed by atoms with Crippen molar-refractivity contribution >= 4 is 21.7 Å². The number of nitrogens with one attached hydrogen (secondary N) is 1. The summed E-state index contributed by atoms with van der Waals surface area (Å²) >= 11 is 0. The van der Waals surface area contributed by atoms with E-state index in [0.29, 0.717) is 43.1 Å². The number of anilines is 1. The first-order valence-electron chi connectivity index (χ1n) is 8.15. The number of esters is 1. The smallest absolute Gasteiger partial charge is 0.337 e. The van der Waals surface area contributed by atoms with Crippen molar-refractivity contribution in [3.8, 4) is 11.5 Å². The molecule has 0 aliphatic carbocycles. The van der Waals surface area contributed by atoms with E-state index in [-0.39, 0.29) is 16.1 Å². The third-order valence-electron chi connectivity index (χ3n) is 4.41. The van der Waals surface area contributed by atoms with Crippen LogP contribution in [0.25, 0.3) is 0 Å². The fourth-order valence-electron chi connectivity index (χ4n) is 3.26. The molecule has 2 aromatic rings. The van der Waals surface area contributed by atoms with Gasteiger partial charge in [0.05, 0.1) is 25.9 Å². The van der Waals surface area contributed by atoms with E-state index in [1.807, 2.05) is 6.07 Å². The normalized spacial score (nSPS) is 14.8. The van der Waals surface area contributed by atoms with Gasteiger partial charge < -0.3 is 14.2 Å². The SMILES string of the molecule is COC(=O)c1cccc(NS(=O)(=O)c2c3c(cc4c2OCC4)OCC3)c1. The number of hydrogen-bond donors (Lipinski definition) is 1. The third kappa shape index (κ3) is 2.76. The van der Waals surface area contributed by atoms with Gasteiger partial charge in [-0.1, -0.05) is 6.07 Å². The van der Waals surface area contributed by atoms with Crippen LogP contribution in [0, 0.1) is 0 Å². The average Bonchev–Trinajstić information content (AvgIpc) is 3.26. The Labute approximate surface area is 150 Å². The number of rotatable bonds is 4. The molecule has 0 aromatic heterocycles. The van der Waals surface area contributed by atoms with Crippen molar-refractivity contribution in [3.05, 3.63) is 47.0 Å². The van der Waals surface area contributed by atoms with Crippen LogP contribution in [0.2, 0.25) is 0 Å². The molecule has 0 saturated carbocycles.